The van der Waals surface area contributed by atoms with Crippen molar-refractivity contribution in [2.24, 2.45) is 0 Å². The summed E-state index contributed by atoms with van der Waals surface area (Å²) in [7, 11) is 0. The Labute approximate surface area is 155 Å². The van der Waals surface area contributed by atoms with Crippen molar-refractivity contribution in [1.82, 2.24) is 15.6 Å². The zero-order valence-electron chi connectivity index (χ0n) is 13.2. The molecule has 1 aliphatic rings. The van der Waals surface area contributed by atoms with Gasteiger partial charge in [0.1, 0.15) is 0 Å². The van der Waals surface area contributed by atoms with Gasteiger partial charge in [-0.1, -0.05) is 0 Å². The summed E-state index contributed by atoms with van der Waals surface area (Å²) < 4.78 is 46.1. The minimum absolute atomic E-state index is 0. The molecule has 1 aromatic heterocycles. The molecule has 25 heavy (non-hydrogen) atoms. The molecule has 0 radical (unpaired) electrons. The second-order valence-corrected chi connectivity index (χ2v) is 5.11. The van der Waals surface area contributed by atoms with E-state index in [0.29, 0.717) is 25.3 Å². The molecule has 11 heteroatoms. The third-order valence-electron chi connectivity index (χ3n) is 3.10. The average Bonchev–Trinajstić information content (AvgIpc) is 2.52. The number of ether oxygens (including phenoxy) is 2. The standard InChI is InChI=1S/C14H18F3N3O3.2ClH/c15-14(16,17)9-23-13-5-10(1-2-19-13)7-20-12(21)6-11-8-22-4-3-18-11;;/h1-2,5,11,18H,3-4,6-9H2,(H,20,21);2*1H. The molecule has 2 heterocycles. The Morgan fingerprint density at radius 1 is 1.44 bits per heavy atom. The van der Waals surface area contributed by atoms with Gasteiger partial charge in [0.2, 0.25) is 11.8 Å². The molecule has 0 spiro atoms. The van der Waals surface area contributed by atoms with Crippen LogP contribution in [0, 0.1) is 0 Å². The fourth-order valence-corrected chi connectivity index (χ4v) is 2.04. The first kappa shape index (κ1) is 23.7. The Bertz CT molecular complexity index is 530. The lowest BCUT2D eigenvalue weighted by atomic mass is 10.2. The molecular weight excluding hydrogens is 386 g/mol. The number of aromatic nitrogens is 1. The number of carbonyl (C=O) groups excluding carboxylic acids is 1. The van der Waals surface area contributed by atoms with E-state index in [1.54, 1.807) is 6.07 Å². The van der Waals surface area contributed by atoms with Crippen LogP contribution in [-0.4, -0.2) is 49.5 Å². The minimum atomic E-state index is -4.42. The van der Waals surface area contributed by atoms with Gasteiger partial charge in [0.25, 0.3) is 0 Å². The van der Waals surface area contributed by atoms with Gasteiger partial charge in [-0.05, 0) is 11.6 Å². The summed E-state index contributed by atoms with van der Waals surface area (Å²) in [5, 5.41) is 5.87. The van der Waals surface area contributed by atoms with Crippen LogP contribution in [0.25, 0.3) is 0 Å². The number of morpholine rings is 1. The Morgan fingerprint density at radius 3 is 2.84 bits per heavy atom. The van der Waals surface area contributed by atoms with Crippen LogP contribution in [0.2, 0.25) is 0 Å². The molecule has 2 N–H and O–H groups in total. The number of nitrogens with zero attached hydrogens (tertiary/aromatic N) is 1. The quantitative estimate of drug-likeness (QED) is 0.755. The maximum atomic E-state index is 12.1. The van der Waals surface area contributed by atoms with Crippen LogP contribution in [0.1, 0.15) is 12.0 Å². The third-order valence-corrected chi connectivity index (χ3v) is 3.10. The van der Waals surface area contributed by atoms with Crippen LogP contribution >= 0.6 is 24.8 Å². The number of amides is 1. The Morgan fingerprint density at radius 2 is 2.20 bits per heavy atom. The van der Waals surface area contributed by atoms with Crippen LogP contribution in [0.5, 0.6) is 5.88 Å². The molecule has 2 rings (SSSR count). The lowest BCUT2D eigenvalue weighted by Gasteiger charge is -2.23. The molecule has 0 aliphatic carbocycles. The number of alkyl halides is 3. The minimum Gasteiger partial charge on any atom is -0.468 e. The first-order chi connectivity index (χ1) is 10.9. The van der Waals surface area contributed by atoms with Gasteiger partial charge >= 0.3 is 6.18 Å². The molecule has 1 unspecified atom stereocenters. The highest BCUT2D eigenvalue weighted by atomic mass is 35.5. The summed E-state index contributed by atoms with van der Waals surface area (Å²) in [6.45, 7) is 0.622. The van der Waals surface area contributed by atoms with Gasteiger partial charge in [-0.3, -0.25) is 4.79 Å². The van der Waals surface area contributed by atoms with Crippen LogP contribution in [-0.2, 0) is 16.1 Å². The summed E-state index contributed by atoms with van der Waals surface area (Å²) in [5.41, 5.74) is 0.610. The second kappa shape index (κ2) is 11.3. The highest BCUT2D eigenvalue weighted by molar-refractivity contribution is 5.85. The molecule has 1 atom stereocenters. The molecule has 144 valence electrons. The molecule has 1 saturated heterocycles. The molecule has 0 bridgehead atoms. The van der Waals surface area contributed by atoms with Crippen LogP contribution in [0.15, 0.2) is 18.3 Å². The van der Waals surface area contributed by atoms with Gasteiger partial charge in [-0.2, -0.15) is 13.2 Å². The van der Waals surface area contributed by atoms with Gasteiger partial charge in [0.15, 0.2) is 6.61 Å². The Kier molecular flexibility index (Phi) is 10.8. The highest BCUT2D eigenvalue weighted by Crippen LogP contribution is 2.17. The van der Waals surface area contributed by atoms with E-state index in [9.17, 15) is 18.0 Å². The summed E-state index contributed by atoms with van der Waals surface area (Å²) in [6, 6.07) is 2.95. The molecular formula is C14H20Cl2F3N3O3. The maximum absolute atomic E-state index is 12.1. The SMILES string of the molecule is Cl.Cl.O=C(CC1COCCN1)NCc1ccnc(OCC(F)(F)F)c1. The predicted molar refractivity (Wildman–Crippen MR) is 89.4 cm³/mol. The first-order valence-corrected chi connectivity index (χ1v) is 7.15. The average molecular weight is 406 g/mol. The number of carbonyl (C=O) groups is 1. The van der Waals surface area contributed by atoms with E-state index in [0.717, 1.165) is 0 Å². The fraction of sp³-hybridized carbons (Fsp3) is 0.571. The largest absolute Gasteiger partial charge is 0.468 e. The van der Waals surface area contributed by atoms with Crippen molar-refractivity contribution in [3.8, 4) is 5.88 Å². The lowest BCUT2D eigenvalue weighted by Crippen LogP contribution is -2.44. The van der Waals surface area contributed by atoms with Gasteiger partial charge in [-0.25, -0.2) is 4.98 Å². The van der Waals surface area contributed by atoms with Crippen molar-refractivity contribution in [2.45, 2.75) is 25.2 Å². The zero-order chi connectivity index (χ0) is 16.7. The molecule has 1 amide bonds. The van der Waals surface area contributed by atoms with Crippen molar-refractivity contribution in [1.29, 1.82) is 0 Å². The maximum Gasteiger partial charge on any atom is 0.422 e. The van der Waals surface area contributed by atoms with E-state index in [1.807, 2.05) is 0 Å². The van der Waals surface area contributed by atoms with Crippen LogP contribution in [0.4, 0.5) is 13.2 Å². The number of hydrogen-bond donors (Lipinski definition) is 2. The summed E-state index contributed by atoms with van der Waals surface area (Å²) in [6.07, 6.45) is -2.80. The zero-order valence-corrected chi connectivity index (χ0v) is 14.8. The predicted octanol–water partition coefficient (Wildman–Crippen LogP) is 1.86. The molecule has 0 aromatic carbocycles. The van der Waals surface area contributed by atoms with E-state index in [1.165, 1.54) is 12.3 Å². The summed E-state index contributed by atoms with van der Waals surface area (Å²) in [4.78, 5) is 15.5. The van der Waals surface area contributed by atoms with Crippen LogP contribution in [0.3, 0.4) is 0 Å². The summed E-state index contributed by atoms with van der Waals surface area (Å²) in [5.74, 6) is -0.293. The molecule has 6 nitrogen and oxygen atoms in total. The monoisotopic (exact) mass is 405 g/mol. The van der Waals surface area contributed by atoms with E-state index < -0.39 is 12.8 Å². The van der Waals surface area contributed by atoms with Crippen molar-refractivity contribution >= 4 is 30.7 Å². The van der Waals surface area contributed by atoms with Crippen molar-refractivity contribution in [2.75, 3.05) is 26.4 Å². The number of halogens is 5. The molecule has 1 fully saturated rings. The Balaban J connectivity index is 0.00000288. The van der Waals surface area contributed by atoms with Gasteiger partial charge < -0.3 is 20.1 Å². The van der Waals surface area contributed by atoms with E-state index in [-0.39, 0.29) is 55.6 Å². The van der Waals surface area contributed by atoms with E-state index in [4.69, 9.17) is 4.74 Å². The topological polar surface area (TPSA) is 72.5 Å². The third kappa shape index (κ3) is 9.69. The van der Waals surface area contributed by atoms with Gasteiger partial charge in [0, 0.05) is 37.8 Å². The van der Waals surface area contributed by atoms with E-state index in [2.05, 4.69) is 20.4 Å². The first-order valence-electron chi connectivity index (χ1n) is 7.15. The highest BCUT2D eigenvalue weighted by Gasteiger charge is 2.28. The number of hydrogen-bond acceptors (Lipinski definition) is 5. The van der Waals surface area contributed by atoms with Crippen molar-refractivity contribution in [3.63, 3.8) is 0 Å². The van der Waals surface area contributed by atoms with Gasteiger partial charge in [0.05, 0.1) is 13.2 Å². The Hall–Kier alpha value is -1.29. The van der Waals surface area contributed by atoms with Crippen LogP contribution < -0.4 is 15.4 Å². The lowest BCUT2D eigenvalue weighted by molar-refractivity contribution is -0.154. The van der Waals surface area contributed by atoms with Gasteiger partial charge in [-0.15, -0.1) is 24.8 Å². The number of pyridine rings is 1. The molecule has 0 saturated carbocycles. The second-order valence-electron chi connectivity index (χ2n) is 5.11. The van der Waals surface area contributed by atoms with Crippen molar-refractivity contribution in [3.05, 3.63) is 23.9 Å². The smallest absolute Gasteiger partial charge is 0.422 e. The summed E-state index contributed by atoms with van der Waals surface area (Å²) >= 11 is 0. The normalized spacial score (nSPS) is 17.0. The molecule has 1 aromatic rings. The van der Waals surface area contributed by atoms with Crippen molar-refractivity contribution < 1.29 is 27.4 Å². The fourth-order valence-electron chi connectivity index (χ4n) is 2.04. The molecule has 1 aliphatic heterocycles. The number of rotatable bonds is 6. The number of nitrogens with one attached hydrogen (secondary N) is 2. The van der Waals surface area contributed by atoms with E-state index >= 15 is 0 Å².